The summed E-state index contributed by atoms with van der Waals surface area (Å²) in [5.74, 6) is 0.263. The third-order valence-electron chi connectivity index (χ3n) is 3.93. The van der Waals surface area contributed by atoms with E-state index in [1.54, 1.807) is 0 Å². The Morgan fingerprint density at radius 1 is 1.24 bits per heavy atom. The molecule has 0 atom stereocenters. The maximum Gasteiger partial charge on any atom is 0.227 e. The molecule has 3 nitrogen and oxygen atoms in total. The van der Waals surface area contributed by atoms with Gasteiger partial charge in [-0.3, -0.25) is 4.79 Å². The number of nitrogens with zero attached hydrogens (tertiary/aromatic N) is 1. The van der Waals surface area contributed by atoms with Crippen molar-refractivity contribution in [2.24, 2.45) is 5.41 Å². The Kier molecular flexibility index (Phi) is 5.28. The smallest absolute Gasteiger partial charge is 0.227 e. The topological polar surface area (TPSA) is 32.3 Å². The molecule has 21 heavy (non-hydrogen) atoms. The van der Waals surface area contributed by atoms with Gasteiger partial charge in [0.1, 0.15) is 0 Å². The minimum absolute atomic E-state index is 0.263. The number of nitrogens with one attached hydrogen (secondary N) is 1. The molecule has 1 N–H and O–H groups in total. The molecule has 2 rings (SSSR count). The zero-order valence-corrected chi connectivity index (χ0v) is 13.9. The predicted octanol–water partition coefficient (Wildman–Crippen LogP) is 3.47. The van der Waals surface area contributed by atoms with Gasteiger partial charge < -0.3 is 10.2 Å². The molecule has 1 aliphatic heterocycles. The largest absolute Gasteiger partial charge is 0.342 e. The molecule has 1 fully saturated rings. The molecule has 1 heterocycles. The van der Waals surface area contributed by atoms with Crippen molar-refractivity contribution in [2.75, 3.05) is 13.1 Å². The highest BCUT2D eigenvalue weighted by Crippen LogP contribution is 2.21. The van der Waals surface area contributed by atoms with Gasteiger partial charge in [-0.05, 0) is 30.5 Å². The van der Waals surface area contributed by atoms with Crippen molar-refractivity contribution >= 4 is 17.5 Å². The van der Waals surface area contributed by atoms with E-state index in [4.69, 9.17) is 11.6 Å². The number of rotatable bonds is 3. The Bertz CT molecular complexity index is 471. The van der Waals surface area contributed by atoms with E-state index >= 15 is 0 Å². The second-order valence-corrected chi connectivity index (χ2v) is 7.26. The molecule has 1 aromatic rings. The molecule has 4 heteroatoms. The second kappa shape index (κ2) is 6.80. The lowest BCUT2D eigenvalue weighted by Gasteiger charge is -2.36. The van der Waals surface area contributed by atoms with Crippen molar-refractivity contribution in [1.82, 2.24) is 10.2 Å². The molecule has 0 unspecified atom stereocenters. The van der Waals surface area contributed by atoms with Crippen LogP contribution in [-0.2, 0) is 11.3 Å². The van der Waals surface area contributed by atoms with Gasteiger partial charge in [0.2, 0.25) is 5.91 Å². The minimum atomic E-state index is -0.274. The van der Waals surface area contributed by atoms with Gasteiger partial charge in [0, 0.05) is 36.1 Å². The number of likely N-dealkylation sites (tertiary alicyclic amines) is 1. The summed E-state index contributed by atoms with van der Waals surface area (Å²) < 4.78 is 0. The van der Waals surface area contributed by atoms with E-state index in [1.165, 1.54) is 5.56 Å². The molecule has 0 aliphatic carbocycles. The summed E-state index contributed by atoms with van der Waals surface area (Å²) in [6.07, 6.45) is 2.05. The van der Waals surface area contributed by atoms with E-state index in [0.717, 1.165) is 37.5 Å². The van der Waals surface area contributed by atoms with Crippen LogP contribution < -0.4 is 5.32 Å². The van der Waals surface area contributed by atoms with E-state index in [1.807, 2.05) is 49.9 Å². The van der Waals surface area contributed by atoms with Crippen LogP contribution in [0.1, 0.15) is 39.2 Å². The lowest BCUT2D eigenvalue weighted by atomic mass is 9.93. The molecular weight excluding hydrogens is 284 g/mol. The van der Waals surface area contributed by atoms with Crippen LogP contribution in [0.25, 0.3) is 0 Å². The third kappa shape index (κ3) is 4.72. The average molecular weight is 309 g/mol. The molecule has 0 spiro atoms. The maximum atomic E-state index is 12.2. The van der Waals surface area contributed by atoms with Crippen LogP contribution in [-0.4, -0.2) is 29.9 Å². The lowest BCUT2D eigenvalue weighted by molar-refractivity contribution is -0.140. The van der Waals surface area contributed by atoms with Crippen LogP contribution in [0.2, 0.25) is 5.02 Å². The maximum absolute atomic E-state index is 12.2. The predicted molar refractivity (Wildman–Crippen MR) is 87.3 cm³/mol. The first-order chi connectivity index (χ1) is 9.86. The molecular formula is C17H25ClN2O. The van der Waals surface area contributed by atoms with E-state index in [-0.39, 0.29) is 11.3 Å². The normalized spacial score (nSPS) is 17.0. The van der Waals surface area contributed by atoms with Gasteiger partial charge in [0.25, 0.3) is 0 Å². The number of benzene rings is 1. The van der Waals surface area contributed by atoms with E-state index in [0.29, 0.717) is 6.04 Å². The van der Waals surface area contributed by atoms with Crippen molar-refractivity contribution in [3.05, 3.63) is 34.9 Å². The molecule has 1 saturated heterocycles. The van der Waals surface area contributed by atoms with Crippen LogP contribution in [0.15, 0.2) is 24.3 Å². The summed E-state index contributed by atoms with van der Waals surface area (Å²) in [5, 5.41) is 4.35. The van der Waals surface area contributed by atoms with Crippen molar-refractivity contribution in [3.63, 3.8) is 0 Å². The van der Waals surface area contributed by atoms with Gasteiger partial charge in [-0.15, -0.1) is 0 Å². The molecule has 1 amide bonds. The van der Waals surface area contributed by atoms with Crippen LogP contribution >= 0.6 is 11.6 Å². The Balaban J connectivity index is 1.77. The van der Waals surface area contributed by atoms with E-state index < -0.39 is 0 Å². The number of carbonyl (C=O) groups is 1. The molecule has 0 bridgehead atoms. The summed E-state index contributed by atoms with van der Waals surface area (Å²) in [4.78, 5) is 14.2. The Morgan fingerprint density at radius 3 is 2.33 bits per heavy atom. The van der Waals surface area contributed by atoms with E-state index in [2.05, 4.69) is 5.32 Å². The number of carbonyl (C=O) groups excluding carboxylic acids is 1. The first-order valence-electron chi connectivity index (χ1n) is 7.63. The van der Waals surface area contributed by atoms with Crippen LogP contribution in [0.3, 0.4) is 0 Å². The first kappa shape index (κ1) is 16.3. The Hall–Kier alpha value is -1.06. The first-order valence-corrected chi connectivity index (χ1v) is 8.01. The SMILES string of the molecule is CC(C)(C)C(=O)N1CCC(NCc2ccc(Cl)cc2)CC1. The minimum Gasteiger partial charge on any atom is -0.342 e. The fourth-order valence-electron chi connectivity index (χ4n) is 2.63. The van der Waals surface area contributed by atoms with Gasteiger partial charge >= 0.3 is 0 Å². The molecule has 0 radical (unpaired) electrons. The van der Waals surface area contributed by atoms with Crippen molar-refractivity contribution < 1.29 is 4.79 Å². The van der Waals surface area contributed by atoms with E-state index in [9.17, 15) is 4.79 Å². The lowest BCUT2D eigenvalue weighted by Crippen LogP contribution is -2.48. The quantitative estimate of drug-likeness (QED) is 0.927. The zero-order valence-electron chi connectivity index (χ0n) is 13.2. The molecule has 1 aliphatic rings. The molecule has 116 valence electrons. The third-order valence-corrected chi connectivity index (χ3v) is 4.18. The fourth-order valence-corrected chi connectivity index (χ4v) is 2.75. The van der Waals surface area contributed by atoms with Gasteiger partial charge in [-0.25, -0.2) is 0 Å². The number of hydrogen-bond acceptors (Lipinski definition) is 2. The van der Waals surface area contributed by atoms with Crippen LogP contribution in [0.4, 0.5) is 0 Å². The highest BCUT2D eigenvalue weighted by Gasteiger charge is 2.30. The number of hydrogen-bond donors (Lipinski definition) is 1. The number of piperidine rings is 1. The number of halogens is 1. The van der Waals surface area contributed by atoms with Gasteiger partial charge in [-0.1, -0.05) is 44.5 Å². The highest BCUT2D eigenvalue weighted by molar-refractivity contribution is 6.30. The van der Waals surface area contributed by atoms with Gasteiger partial charge in [0.05, 0.1) is 0 Å². The average Bonchev–Trinajstić information content (AvgIpc) is 2.45. The van der Waals surface area contributed by atoms with Crippen LogP contribution in [0.5, 0.6) is 0 Å². The molecule has 1 aromatic carbocycles. The summed E-state index contributed by atoms with van der Waals surface area (Å²) >= 11 is 5.89. The van der Waals surface area contributed by atoms with Gasteiger partial charge in [-0.2, -0.15) is 0 Å². The standard InChI is InChI=1S/C17H25ClN2O/c1-17(2,3)16(21)20-10-8-15(9-11-20)19-12-13-4-6-14(18)7-5-13/h4-7,15,19H,8-12H2,1-3H3. The fraction of sp³-hybridized carbons (Fsp3) is 0.588. The summed E-state index contributed by atoms with van der Waals surface area (Å²) in [6.45, 7) is 8.53. The van der Waals surface area contributed by atoms with Crippen LogP contribution in [0, 0.1) is 5.41 Å². The monoisotopic (exact) mass is 308 g/mol. The molecule has 0 aromatic heterocycles. The van der Waals surface area contributed by atoms with Crippen molar-refractivity contribution in [1.29, 1.82) is 0 Å². The Morgan fingerprint density at radius 2 is 1.81 bits per heavy atom. The summed E-state index contributed by atoms with van der Waals surface area (Å²) in [5.41, 5.74) is 0.969. The number of amides is 1. The highest BCUT2D eigenvalue weighted by atomic mass is 35.5. The second-order valence-electron chi connectivity index (χ2n) is 6.82. The summed E-state index contributed by atoms with van der Waals surface area (Å²) in [7, 11) is 0. The summed E-state index contributed by atoms with van der Waals surface area (Å²) in [6, 6.07) is 8.43. The Labute approximate surface area is 132 Å². The van der Waals surface area contributed by atoms with Crippen molar-refractivity contribution in [2.45, 2.75) is 46.2 Å². The van der Waals surface area contributed by atoms with Crippen molar-refractivity contribution in [3.8, 4) is 0 Å². The molecule has 0 saturated carbocycles. The van der Waals surface area contributed by atoms with Gasteiger partial charge in [0.15, 0.2) is 0 Å². The zero-order chi connectivity index (χ0) is 15.5.